The second-order valence-electron chi connectivity index (χ2n) is 4.70. The van der Waals surface area contributed by atoms with Crippen LogP contribution < -0.4 is 0 Å². The molecule has 0 unspecified atom stereocenters. The van der Waals surface area contributed by atoms with E-state index in [9.17, 15) is 0 Å². The van der Waals surface area contributed by atoms with Crippen molar-refractivity contribution in [1.82, 2.24) is 9.88 Å². The molecule has 0 amide bonds. The van der Waals surface area contributed by atoms with Crippen LogP contribution in [0.1, 0.15) is 43.0 Å². The van der Waals surface area contributed by atoms with Crippen LogP contribution in [0, 0.1) is 0 Å². The van der Waals surface area contributed by atoms with Crippen molar-refractivity contribution >= 4 is 0 Å². The first-order valence-electron chi connectivity index (χ1n) is 6.13. The quantitative estimate of drug-likeness (QED) is 0.695. The molecular formula is C13H18N2. The zero-order valence-corrected chi connectivity index (χ0v) is 9.15. The minimum absolute atomic E-state index is 0.623. The minimum Gasteiger partial charge on any atom is -0.295 e. The molecule has 0 N–H and O–H groups in total. The fourth-order valence-corrected chi connectivity index (χ4v) is 2.99. The van der Waals surface area contributed by atoms with E-state index in [1.54, 1.807) is 0 Å². The van der Waals surface area contributed by atoms with E-state index in [1.807, 2.05) is 6.20 Å². The number of nitrogens with zero attached hydrogens (tertiary/aromatic N) is 2. The van der Waals surface area contributed by atoms with E-state index >= 15 is 0 Å². The van der Waals surface area contributed by atoms with Crippen LogP contribution in [-0.4, -0.2) is 23.0 Å². The van der Waals surface area contributed by atoms with Crippen LogP contribution in [0.3, 0.4) is 0 Å². The van der Waals surface area contributed by atoms with Crippen molar-refractivity contribution in [2.75, 3.05) is 13.1 Å². The summed E-state index contributed by atoms with van der Waals surface area (Å²) >= 11 is 0. The molecule has 0 aromatic carbocycles. The predicted octanol–water partition coefficient (Wildman–Crippen LogP) is 2.55. The number of fused-ring (bicyclic) bond motifs is 1. The highest BCUT2D eigenvalue weighted by atomic mass is 15.2. The van der Waals surface area contributed by atoms with Gasteiger partial charge < -0.3 is 0 Å². The van der Waals surface area contributed by atoms with Gasteiger partial charge in [-0.05, 0) is 56.8 Å². The lowest BCUT2D eigenvalue weighted by atomic mass is 9.91. The Hall–Kier alpha value is -0.890. The van der Waals surface area contributed by atoms with Crippen molar-refractivity contribution in [2.45, 2.75) is 38.1 Å². The first-order valence-corrected chi connectivity index (χ1v) is 6.13. The van der Waals surface area contributed by atoms with E-state index in [0.29, 0.717) is 6.04 Å². The Morgan fingerprint density at radius 3 is 2.93 bits per heavy atom. The van der Waals surface area contributed by atoms with E-state index in [1.165, 1.54) is 56.5 Å². The third-order valence-electron chi connectivity index (χ3n) is 3.75. The molecule has 1 atom stereocenters. The first-order chi connectivity index (χ1) is 7.45. The monoisotopic (exact) mass is 202 g/mol. The van der Waals surface area contributed by atoms with Crippen molar-refractivity contribution in [3.8, 4) is 0 Å². The standard InChI is InChI=1S/C13H18N2/c1-2-10-15(9-1)12-7-3-5-11-6-4-8-14-13(11)12/h4,6,8,12H,1-3,5,7,9-10H2/t12-/m1/s1. The van der Waals surface area contributed by atoms with Gasteiger partial charge in [0.1, 0.15) is 0 Å². The molecule has 1 fully saturated rings. The predicted molar refractivity (Wildman–Crippen MR) is 60.7 cm³/mol. The summed E-state index contributed by atoms with van der Waals surface area (Å²) in [7, 11) is 0. The summed E-state index contributed by atoms with van der Waals surface area (Å²) in [6, 6.07) is 4.95. The summed E-state index contributed by atoms with van der Waals surface area (Å²) in [5, 5.41) is 0. The Labute approximate surface area is 91.3 Å². The minimum atomic E-state index is 0.623. The Morgan fingerprint density at radius 2 is 2.07 bits per heavy atom. The molecule has 1 saturated heterocycles. The van der Waals surface area contributed by atoms with Gasteiger partial charge in [-0.1, -0.05) is 6.07 Å². The Morgan fingerprint density at radius 1 is 1.20 bits per heavy atom. The lowest BCUT2D eigenvalue weighted by molar-refractivity contribution is 0.216. The molecule has 1 aliphatic carbocycles. The van der Waals surface area contributed by atoms with Crippen LogP contribution in [0.5, 0.6) is 0 Å². The number of aromatic nitrogens is 1. The summed E-state index contributed by atoms with van der Waals surface area (Å²) in [6.45, 7) is 2.56. The van der Waals surface area contributed by atoms with Crippen molar-refractivity contribution in [3.05, 3.63) is 29.6 Å². The maximum absolute atomic E-state index is 4.60. The molecular weight excluding hydrogens is 184 g/mol. The smallest absolute Gasteiger partial charge is 0.0607 e. The highest BCUT2D eigenvalue weighted by Gasteiger charge is 2.28. The van der Waals surface area contributed by atoms with Crippen LogP contribution in [0.4, 0.5) is 0 Å². The third kappa shape index (κ3) is 1.67. The maximum atomic E-state index is 4.60. The first kappa shape index (κ1) is 9.34. The molecule has 15 heavy (non-hydrogen) atoms. The van der Waals surface area contributed by atoms with Gasteiger partial charge in [0.25, 0.3) is 0 Å². The highest BCUT2D eigenvalue weighted by molar-refractivity contribution is 5.25. The molecule has 2 nitrogen and oxygen atoms in total. The molecule has 2 heterocycles. The van der Waals surface area contributed by atoms with Gasteiger partial charge in [-0.3, -0.25) is 9.88 Å². The van der Waals surface area contributed by atoms with Gasteiger partial charge in [-0.2, -0.15) is 0 Å². The van der Waals surface area contributed by atoms with Gasteiger partial charge in [0.15, 0.2) is 0 Å². The van der Waals surface area contributed by atoms with Crippen LogP contribution in [0.15, 0.2) is 18.3 Å². The number of rotatable bonds is 1. The lowest BCUT2D eigenvalue weighted by Crippen LogP contribution is -2.29. The molecule has 0 spiro atoms. The molecule has 80 valence electrons. The summed E-state index contributed by atoms with van der Waals surface area (Å²) < 4.78 is 0. The molecule has 1 aromatic rings. The van der Waals surface area contributed by atoms with E-state index in [-0.39, 0.29) is 0 Å². The molecule has 2 aliphatic rings. The largest absolute Gasteiger partial charge is 0.295 e. The average Bonchev–Trinajstić information content (AvgIpc) is 2.82. The SMILES string of the molecule is c1cnc2c(c1)CCC[C@H]2N1CCCC1. The Kier molecular flexibility index (Phi) is 2.45. The molecule has 0 saturated carbocycles. The van der Waals surface area contributed by atoms with Crippen LogP contribution in [-0.2, 0) is 6.42 Å². The fourth-order valence-electron chi connectivity index (χ4n) is 2.99. The summed E-state index contributed by atoms with van der Waals surface area (Å²) in [5.41, 5.74) is 2.85. The lowest BCUT2D eigenvalue weighted by Gasteiger charge is -2.31. The summed E-state index contributed by atoms with van der Waals surface area (Å²) in [5.74, 6) is 0. The number of hydrogen-bond donors (Lipinski definition) is 0. The second-order valence-corrected chi connectivity index (χ2v) is 4.70. The zero-order chi connectivity index (χ0) is 10.1. The zero-order valence-electron chi connectivity index (χ0n) is 9.15. The highest BCUT2D eigenvalue weighted by Crippen LogP contribution is 2.34. The Balaban J connectivity index is 1.91. The normalized spacial score (nSPS) is 26.5. The molecule has 0 bridgehead atoms. The molecule has 0 radical (unpaired) electrons. The molecule has 3 rings (SSSR count). The van der Waals surface area contributed by atoms with Gasteiger partial charge in [-0.25, -0.2) is 0 Å². The van der Waals surface area contributed by atoms with E-state index in [0.717, 1.165) is 0 Å². The topological polar surface area (TPSA) is 16.1 Å². The second kappa shape index (κ2) is 3.93. The van der Waals surface area contributed by atoms with Gasteiger partial charge in [-0.15, -0.1) is 0 Å². The van der Waals surface area contributed by atoms with Crippen molar-refractivity contribution in [3.63, 3.8) is 0 Å². The van der Waals surface area contributed by atoms with Gasteiger partial charge in [0.2, 0.25) is 0 Å². The third-order valence-corrected chi connectivity index (χ3v) is 3.75. The van der Waals surface area contributed by atoms with Gasteiger partial charge in [0.05, 0.1) is 11.7 Å². The number of pyridine rings is 1. The fraction of sp³-hybridized carbons (Fsp3) is 0.615. The maximum Gasteiger partial charge on any atom is 0.0607 e. The van der Waals surface area contributed by atoms with Crippen LogP contribution in [0.2, 0.25) is 0 Å². The Bertz CT molecular complexity index is 342. The average molecular weight is 202 g/mol. The van der Waals surface area contributed by atoms with Crippen molar-refractivity contribution in [1.29, 1.82) is 0 Å². The number of likely N-dealkylation sites (tertiary alicyclic amines) is 1. The van der Waals surface area contributed by atoms with Crippen LogP contribution >= 0.6 is 0 Å². The van der Waals surface area contributed by atoms with Gasteiger partial charge in [0, 0.05) is 6.20 Å². The van der Waals surface area contributed by atoms with E-state index < -0.39 is 0 Å². The van der Waals surface area contributed by atoms with Crippen molar-refractivity contribution < 1.29 is 0 Å². The molecule has 1 aromatic heterocycles. The van der Waals surface area contributed by atoms with E-state index in [2.05, 4.69) is 22.0 Å². The number of hydrogen-bond acceptors (Lipinski definition) is 2. The van der Waals surface area contributed by atoms with Crippen molar-refractivity contribution in [2.24, 2.45) is 0 Å². The van der Waals surface area contributed by atoms with Gasteiger partial charge >= 0.3 is 0 Å². The summed E-state index contributed by atoms with van der Waals surface area (Å²) in [4.78, 5) is 7.23. The van der Waals surface area contributed by atoms with E-state index in [4.69, 9.17) is 0 Å². The number of aryl methyl sites for hydroxylation is 1. The molecule has 2 heteroatoms. The van der Waals surface area contributed by atoms with Crippen LogP contribution in [0.25, 0.3) is 0 Å². The molecule has 1 aliphatic heterocycles. The summed E-state index contributed by atoms with van der Waals surface area (Å²) in [6.07, 6.45) is 8.57.